The summed E-state index contributed by atoms with van der Waals surface area (Å²) in [7, 11) is 0. The third kappa shape index (κ3) is 32.5. The average molecular weight is 605 g/mol. The first-order valence-electron chi connectivity index (χ1n) is 13.5. The molecule has 0 aliphatic rings. The van der Waals surface area contributed by atoms with E-state index in [-0.39, 0.29) is 0 Å². The smallest absolute Gasteiger partial charge is 0.0701 e. The van der Waals surface area contributed by atoms with Crippen molar-refractivity contribution in [3.63, 3.8) is 0 Å². The monoisotopic (exact) mass is 604 g/mol. The molecule has 0 fully saturated rings. The molecule has 0 aromatic carbocycles. The SMILES string of the molecule is CCCCCCCCCCCCOCCOCCOCCOCCOCCOCCOCCI. The molecule has 0 radical (unpaired) electrons. The molecule has 8 heteroatoms. The molecule has 206 valence electrons. The van der Waals surface area contributed by atoms with Crippen molar-refractivity contribution in [3.05, 3.63) is 0 Å². The number of ether oxygens (including phenoxy) is 7. The maximum Gasteiger partial charge on any atom is 0.0701 e. The molecular weight excluding hydrogens is 551 g/mol. The first kappa shape index (κ1) is 34.5. The van der Waals surface area contributed by atoms with E-state index in [4.69, 9.17) is 33.2 Å². The molecule has 0 aliphatic heterocycles. The maximum absolute atomic E-state index is 5.63. The average Bonchev–Trinajstić information content (AvgIpc) is 2.85. The molecule has 0 bridgehead atoms. The van der Waals surface area contributed by atoms with Gasteiger partial charge in [-0.2, -0.15) is 0 Å². The van der Waals surface area contributed by atoms with Gasteiger partial charge in [0.15, 0.2) is 0 Å². The van der Waals surface area contributed by atoms with E-state index in [1.54, 1.807) is 0 Å². The van der Waals surface area contributed by atoms with Crippen LogP contribution in [0.3, 0.4) is 0 Å². The van der Waals surface area contributed by atoms with E-state index in [2.05, 4.69) is 29.5 Å². The number of unbranched alkanes of at least 4 members (excludes halogenated alkanes) is 9. The Kier molecular flexibility index (Phi) is 33.9. The summed E-state index contributed by atoms with van der Waals surface area (Å²) in [4.78, 5) is 0. The molecule has 0 aromatic rings. The van der Waals surface area contributed by atoms with Crippen LogP contribution in [-0.4, -0.2) is 96.9 Å². The minimum atomic E-state index is 0.565. The van der Waals surface area contributed by atoms with Gasteiger partial charge in [-0.15, -0.1) is 0 Å². The molecule has 34 heavy (non-hydrogen) atoms. The van der Waals surface area contributed by atoms with Gasteiger partial charge in [0.1, 0.15) is 0 Å². The number of hydrogen-bond donors (Lipinski definition) is 0. The predicted molar refractivity (Wildman–Crippen MR) is 146 cm³/mol. The van der Waals surface area contributed by atoms with Gasteiger partial charge < -0.3 is 33.2 Å². The molecule has 0 saturated heterocycles. The lowest BCUT2D eigenvalue weighted by molar-refractivity contribution is -0.0201. The van der Waals surface area contributed by atoms with E-state index >= 15 is 0 Å². The molecule has 7 nitrogen and oxygen atoms in total. The van der Waals surface area contributed by atoms with Crippen molar-refractivity contribution >= 4 is 22.6 Å². The van der Waals surface area contributed by atoms with Crippen molar-refractivity contribution in [2.24, 2.45) is 0 Å². The van der Waals surface area contributed by atoms with Crippen LogP contribution in [0.4, 0.5) is 0 Å². The van der Waals surface area contributed by atoms with Crippen molar-refractivity contribution in [2.45, 2.75) is 71.1 Å². The molecule has 0 unspecified atom stereocenters. The number of halogens is 1. The first-order valence-corrected chi connectivity index (χ1v) is 15.0. The van der Waals surface area contributed by atoms with Crippen LogP contribution in [0.1, 0.15) is 71.1 Å². The highest BCUT2D eigenvalue weighted by atomic mass is 127. The molecule has 0 saturated carbocycles. The zero-order valence-corrected chi connectivity index (χ0v) is 24.1. The summed E-state index contributed by atoms with van der Waals surface area (Å²) in [6.45, 7) is 11.0. The fourth-order valence-corrected chi connectivity index (χ4v) is 3.48. The second kappa shape index (κ2) is 33.4. The van der Waals surface area contributed by atoms with E-state index in [0.29, 0.717) is 79.3 Å². The van der Waals surface area contributed by atoms with Gasteiger partial charge in [0, 0.05) is 11.0 Å². The quantitative estimate of drug-likeness (QED) is 0.0592. The highest BCUT2D eigenvalue weighted by Crippen LogP contribution is 2.10. The van der Waals surface area contributed by atoms with E-state index in [9.17, 15) is 0 Å². The normalized spacial score (nSPS) is 11.5. The minimum Gasteiger partial charge on any atom is -0.379 e. The van der Waals surface area contributed by atoms with E-state index in [0.717, 1.165) is 24.1 Å². The fraction of sp³-hybridized carbons (Fsp3) is 1.00. The Morgan fingerprint density at radius 1 is 0.324 bits per heavy atom. The van der Waals surface area contributed by atoms with Crippen molar-refractivity contribution in [1.29, 1.82) is 0 Å². The van der Waals surface area contributed by atoms with Crippen LogP contribution in [0.5, 0.6) is 0 Å². The van der Waals surface area contributed by atoms with Gasteiger partial charge in [-0.1, -0.05) is 87.3 Å². The third-order valence-electron chi connectivity index (χ3n) is 5.10. The lowest BCUT2D eigenvalue weighted by atomic mass is 10.1. The van der Waals surface area contributed by atoms with Crippen LogP contribution in [0, 0.1) is 0 Å². The van der Waals surface area contributed by atoms with E-state index < -0.39 is 0 Å². The molecule has 0 amide bonds. The second-order valence-electron chi connectivity index (χ2n) is 8.16. The minimum absolute atomic E-state index is 0.565. The van der Waals surface area contributed by atoms with Crippen LogP contribution in [-0.2, 0) is 33.2 Å². The van der Waals surface area contributed by atoms with Gasteiger partial charge in [-0.25, -0.2) is 0 Å². The molecule has 0 atom stereocenters. The molecule has 0 N–H and O–H groups in total. The second-order valence-corrected chi connectivity index (χ2v) is 9.24. The van der Waals surface area contributed by atoms with Crippen LogP contribution < -0.4 is 0 Å². The Hall–Kier alpha value is 0.450. The van der Waals surface area contributed by atoms with E-state index in [1.807, 2.05) is 0 Å². The topological polar surface area (TPSA) is 64.6 Å². The Labute approximate surface area is 223 Å². The molecule has 0 aliphatic carbocycles. The lowest BCUT2D eigenvalue weighted by Crippen LogP contribution is -2.14. The Bertz CT molecular complexity index is 319. The first-order chi connectivity index (χ1) is 16.9. The van der Waals surface area contributed by atoms with Crippen molar-refractivity contribution < 1.29 is 33.2 Å². The van der Waals surface area contributed by atoms with E-state index in [1.165, 1.54) is 57.8 Å². The summed E-state index contributed by atoms with van der Waals surface area (Å²) in [6.07, 6.45) is 13.5. The predicted octanol–water partition coefficient (Wildman–Crippen LogP) is 5.46. The van der Waals surface area contributed by atoms with Crippen molar-refractivity contribution in [1.82, 2.24) is 0 Å². The van der Waals surface area contributed by atoms with Gasteiger partial charge in [-0.3, -0.25) is 0 Å². The van der Waals surface area contributed by atoms with Crippen LogP contribution in [0.15, 0.2) is 0 Å². The molecule has 0 heterocycles. The number of hydrogen-bond acceptors (Lipinski definition) is 7. The Balaban J connectivity index is 2.99. The van der Waals surface area contributed by atoms with Crippen LogP contribution >= 0.6 is 22.6 Å². The van der Waals surface area contributed by atoms with Gasteiger partial charge in [0.25, 0.3) is 0 Å². The summed E-state index contributed by atoms with van der Waals surface area (Å²) in [5.41, 5.74) is 0. The van der Waals surface area contributed by atoms with Crippen LogP contribution in [0.2, 0.25) is 0 Å². The number of rotatable bonds is 31. The zero-order chi connectivity index (χ0) is 24.6. The summed E-state index contributed by atoms with van der Waals surface area (Å²) in [5.74, 6) is 0. The molecule has 0 aromatic heterocycles. The lowest BCUT2D eigenvalue weighted by Gasteiger charge is -2.08. The van der Waals surface area contributed by atoms with Gasteiger partial charge in [-0.05, 0) is 6.42 Å². The highest BCUT2D eigenvalue weighted by molar-refractivity contribution is 14.1. The maximum atomic E-state index is 5.63. The Morgan fingerprint density at radius 2 is 0.588 bits per heavy atom. The molecule has 0 rings (SSSR count). The summed E-state index contributed by atoms with van der Waals surface area (Å²) >= 11 is 2.29. The molecular formula is C26H53IO7. The largest absolute Gasteiger partial charge is 0.379 e. The Morgan fingerprint density at radius 3 is 0.912 bits per heavy atom. The van der Waals surface area contributed by atoms with Gasteiger partial charge in [0.2, 0.25) is 0 Å². The summed E-state index contributed by atoms with van der Waals surface area (Å²) in [5, 5.41) is 0. The van der Waals surface area contributed by atoms with Crippen molar-refractivity contribution in [2.75, 3.05) is 96.9 Å². The highest BCUT2D eigenvalue weighted by Gasteiger charge is 1.96. The summed E-state index contributed by atoms with van der Waals surface area (Å²) in [6, 6.07) is 0. The zero-order valence-electron chi connectivity index (χ0n) is 21.9. The van der Waals surface area contributed by atoms with Crippen molar-refractivity contribution in [3.8, 4) is 0 Å². The van der Waals surface area contributed by atoms with Gasteiger partial charge >= 0.3 is 0 Å². The standard InChI is InChI=1S/C26H53IO7/c1-2-3-4-5-6-7-8-9-10-11-13-28-15-17-30-19-21-32-23-25-34-26-24-33-22-20-31-18-16-29-14-12-27/h2-26H2,1H3. The van der Waals surface area contributed by atoms with Gasteiger partial charge in [0.05, 0.1) is 85.9 Å². The summed E-state index contributed by atoms with van der Waals surface area (Å²) < 4.78 is 39.3. The third-order valence-corrected chi connectivity index (χ3v) is 5.54. The fourth-order valence-electron chi connectivity index (χ4n) is 3.17. The molecule has 0 spiro atoms. The van der Waals surface area contributed by atoms with Crippen LogP contribution in [0.25, 0.3) is 0 Å². The number of alkyl halides is 1.